The number of likely N-dealkylation sites (tertiary alicyclic amines) is 1. The lowest BCUT2D eigenvalue weighted by molar-refractivity contribution is -0.385. The molecule has 2 rings (SSSR count). The van der Waals surface area contributed by atoms with Gasteiger partial charge in [0.25, 0.3) is 5.69 Å². The fourth-order valence-electron chi connectivity index (χ4n) is 3.02. The van der Waals surface area contributed by atoms with Gasteiger partial charge in [-0.3, -0.25) is 15.0 Å². The van der Waals surface area contributed by atoms with Crippen molar-refractivity contribution in [3.8, 4) is 0 Å². The summed E-state index contributed by atoms with van der Waals surface area (Å²) in [4.78, 5) is 15.2. The van der Waals surface area contributed by atoms with Gasteiger partial charge < -0.3 is 10.0 Å². The van der Waals surface area contributed by atoms with Crippen molar-refractivity contribution in [3.05, 3.63) is 46.0 Å². The van der Waals surface area contributed by atoms with Crippen molar-refractivity contribution in [2.24, 2.45) is 0 Å². The van der Waals surface area contributed by atoms with E-state index in [1.165, 1.54) is 6.07 Å². The minimum atomic E-state index is -0.359. The molecule has 1 saturated heterocycles. The zero-order chi connectivity index (χ0) is 16.7. The average molecular weight is 319 g/mol. The molecule has 0 bridgehead atoms. The van der Waals surface area contributed by atoms with Crippen LogP contribution in [0.15, 0.2) is 30.3 Å². The summed E-state index contributed by atoms with van der Waals surface area (Å²) in [6.07, 6.45) is 5.94. The molecule has 23 heavy (non-hydrogen) atoms. The van der Waals surface area contributed by atoms with Gasteiger partial charge in [-0.15, -0.1) is 0 Å². The summed E-state index contributed by atoms with van der Waals surface area (Å²) < 4.78 is 0. The van der Waals surface area contributed by atoms with Gasteiger partial charge in [0, 0.05) is 25.2 Å². The van der Waals surface area contributed by atoms with E-state index in [9.17, 15) is 15.2 Å². The van der Waals surface area contributed by atoms with Crippen molar-refractivity contribution in [1.82, 2.24) is 9.80 Å². The number of piperidine rings is 1. The molecule has 0 amide bonds. The molecule has 0 aromatic heterocycles. The lowest BCUT2D eigenvalue weighted by Crippen LogP contribution is -2.44. The molecule has 0 unspecified atom stereocenters. The molecule has 1 aliphatic heterocycles. The van der Waals surface area contributed by atoms with Crippen LogP contribution in [0.4, 0.5) is 5.69 Å². The first-order valence-corrected chi connectivity index (χ1v) is 8.05. The van der Waals surface area contributed by atoms with E-state index < -0.39 is 0 Å². The Morgan fingerprint density at radius 3 is 2.74 bits per heavy atom. The molecule has 6 heteroatoms. The third kappa shape index (κ3) is 5.13. The molecule has 1 N–H and O–H groups in total. The van der Waals surface area contributed by atoms with Crippen LogP contribution in [0, 0.1) is 10.1 Å². The number of rotatable bonds is 7. The number of aliphatic hydroxyl groups is 1. The van der Waals surface area contributed by atoms with Crippen LogP contribution in [0.3, 0.4) is 0 Å². The maximum absolute atomic E-state index is 11.0. The number of hydrogen-bond acceptors (Lipinski definition) is 5. The second-order valence-electron chi connectivity index (χ2n) is 5.97. The smallest absolute Gasteiger partial charge is 0.276 e. The Bertz CT molecular complexity index is 540. The molecule has 6 nitrogen and oxygen atoms in total. The fourth-order valence-corrected chi connectivity index (χ4v) is 3.02. The van der Waals surface area contributed by atoms with E-state index in [1.54, 1.807) is 24.3 Å². The SMILES string of the molecule is CN1CCC(N(C/C=C/c2ccccc2[N+](=O)[O-])CCO)CC1. The zero-order valence-corrected chi connectivity index (χ0v) is 13.6. The molecule has 1 aromatic rings. The van der Waals surface area contributed by atoms with Gasteiger partial charge in [-0.25, -0.2) is 0 Å². The van der Waals surface area contributed by atoms with Crippen molar-refractivity contribution in [2.45, 2.75) is 18.9 Å². The Kier molecular flexibility index (Phi) is 6.70. The molecule has 0 radical (unpaired) electrons. The average Bonchev–Trinajstić information content (AvgIpc) is 2.55. The molecule has 0 saturated carbocycles. The highest BCUT2D eigenvalue weighted by molar-refractivity contribution is 5.60. The summed E-state index contributed by atoms with van der Waals surface area (Å²) in [6.45, 7) is 3.60. The van der Waals surface area contributed by atoms with Gasteiger partial charge >= 0.3 is 0 Å². The van der Waals surface area contributed by atoms with Gasteiger partial charge in [0.05, 0.1) is 17.1 Å². The summed E-state index contributed by atoms with van der Waals surface area (Å²) in [5.41, 5.74) is 0.738. The Morgan fingerprint density at radius 1 is 1.39 bits per heavy atom. The standard InChI is InChI=1S/C17H25N3O3/c1-18-11-8-16(9-12-18)19(13-14-21)10-4-6-15-5-2-3-7-17(15)20(22)23/h2-7,16,21H,8-14H2,1H3/b6-4+. The van der Waals surface area contributed by atoms with Crippen LogP contribution in [0.1, 0.15) is 18.4 Å². The van der Waals surface area contributed by atoms with Gasteiger partial charge in [0.1, 0.15) is 0 Å². The molecular formula is C17H25N3O3. The maximum atomic E-state index is 11.0. The predicted octanol–water partition coefficient (Wildman–Crippen LogP) is 2.00. The molecule has 0 spiro atoms. The van der Waals surface area contributed by atoms with Gasteiger partial charge in [0.2, 0.25) is 0 Å². The van der Waals surface area contributed by atoms with E-state index in [2.05, 4.69) is 16.8 Å². The monoisotopic (exact) mass is 319 g/mol. The second-order valence-corrected chi connectivity index (χ2v) is 5.97. The second kappa shape index (κ2) is 8.76. The summed E-state index contributed by atoms with van der Waals surface area (Å²) in [5, 5.41) is 20.3. The van der Waals surface area contributed by atoms with Gasteiger partial charge in [-0.05, 0) is 39.0 Å². The van der Waals surface area contributed by atoms with E-state index in [0.717, 1.165) is 25.9 Å². The number of nitro benzene ring substituents is 1. The normalized spacial score (nSPS) is 17.2. The summed E-state index contributed by atoms with van der Waals surface area (Å²) in [7, 11) is 2.13. The first-order valence-electron chi connectivity index (χ1n) is 8.05. The molecule has 1 fully saturated rings. The Hall–Kier alpha value is -1.76. The first-order chi connectivity index (χ1) is 11.1. The molecule has 1 heterocycles. The van der Waals surface area contributed by atoms with Crippen LogP contribution in [0.25, 0.3) is 6.08 Å². The predicted molar refractivity (Wildman–Crippen MR) is 91.3 cm³/mol. The summed E-state index contributed by atoms with van der Waals surface area (Å²) in [5.74, 6) is 0. The number of nitrogens with zero attached hydrogens (tertiary/aromatic N) is 3. The minimum Gasteiger partial charge on any atom is -0.395 e. The largest absolute Gasteiger partial charge is 0.395 e. The maximum Gasteiger partial charge on any atom is 0.276 e. The highest BCUT2D eigenvalue weighted by Gasteiger charge is 2.21. The highest BCUT2D eigenvalue weighted by atomic mass is 16.6. The van der Waals surface area contributed by atoms with Gasteiger partial charge in [-0.2, -0.15) is 0 Å². The topological polar surface area (TPSA) is 69.9 Å². The van der Waals surface area contributed by atoms with Gasteiger partial charge in [-0.1, -0.05) is 24.3 Å². The van der Waals surface area contributed by atoms with E-state index in [4.69, 9.17) is 0 Å². The van der Waals surface area contributed by atoms with Crippen LogP contribution >= 0.6 is 0 Å². The number of aliphatic hydroxyl groups excluding tert-OH is 1. The molecule has 126 valence electrons. The van der Waals surface area contributed by atoms with E-state index in [0.29, 0.717) is 24.7 Å². The fraction of sp³-hybridized carbons (Fsp3) is 0.529. The number of hydrogen-bond donors (Lipinski definition) is 1. The van der Waals surface area contributed by atoms with Crippen molar-refractivity contribution >= 4 is 11.8 Å². The van der Waals surface area contributed by atoms with Crippen LogP contribution < -0.4 is 0 Å². The molecule has 0 aliphatic carbocycles. The molecule has 0 atom stereocenters. The van der Waals surface area contributed by atoms with Crippen molar-refractivity contribution in [2.75, 3.05) is 39.8 Å². The first kappa shape index (κ1) is 17.6. The van der Waals surface area contributed by atoms with E-state index in [1.807, 2.05) is 6.08 Å². The quantitative estimate of drug-likeness (QED) is 0.615. The van der Waals surface area contributed by atoms with Crippen LogP contribution in [-0.2, 0) is 0 Å². The summed E-state index contributed by atoms with van der Waals surface area (Å²) >= 11 is 0. The number of benzene rings is 1. The van der Waals surface area contributed by atoms with Crippen LogP contribution in [0.2, 0.25) is 0 Å². The highest BCUT2D eigenvalue weighted by Crippen LogP contribution is 2.20. The minimum absolute atomic E-state index is 0.122. The Balaban J connectivity index is 1.99. The van der Waals surface area contributed by atoms with E-state index >= 15 is 0 Å². The lowest BCUT2D eigenvalue weighted by Gasteiger charge is -2.36. The van der Waals surface area contributed by atoms with Crippen molar-refractivity contribution in [3.63, 3.8) is 0 Å². The Morgan fingerprint density at radius 2 is 2.09 bits per heavy atom. The van der Waals surface area contributed by atoms with Crippen molar-refractivity contribution in [1.29, 1.82) is 0 Å². The Labute approximate surface area is 137 Å². The third-order valence-corrected chi connectivity index (χ3v) is 4.36. The summed E-state index contributed by atoms with van der Waals surface area (Å²) in [6, 6.07) is 7.21. The molecule has 1 aromatic carbocycles. The van der Waals surface area contributed by atoms with Gasteiger partial charge in [0.15, 0.2) is 0 Å². The zero-order valence-electron chi connectivity index (χ0n) is 13.6. The van der Waals surface area contributed by atoms with Crippen molar-refractivity contribution < 1.29 is 10.0 Å². The number of nitro groups is 1. The van der Waals surface area contributed by atoms with E-state index in [-0.39, 0.29) is 17.2 Å². The molecular weight excluding hydrogens is 294 g/mol. The third-order valence-electron chi connectivity index (χ3n) is 4.36. The molecule has 1 aliphatic rings. The van der Waals surface area contributed by atoms with Crippen LogP contribution in [0.5, 0.6) is 0 Å². The van der Waals surface area contributed by atoms with Crippen LogP contribution in [-0.4, -0.2) is 65.7 Å². The number of para-hydroxylation sites is 1. The lowest BCUT2D eigenvalue weighted by atomic mass is 10.0.